The Morgan fingerprint density at radius 3 is 1.61 bits per heavy atom. The zero-order valence-electron chi connectivity index (χ0n) is 43.2. The Morgan fingerprint density at radius 1 is 0.588 bits per heavy atom. The van der Waals surface area contributed by atoms with Crippen LogP contribution >= 0.6 is 23.5 Å². The molecule has 0 saturated carbocycles. The summed E-state index contributed by atoms with van der Waals surface area (Å²) in [7, 11) is 0. The first-order valence-electron chi connectivity index (χ1n) is 25.7. The monoisotopic (exact) mass is 1110 g/mol. The number of para-hydroxylation sites is 6. The van der Waals surface area contributed by atoms with Gasteiger partial charge in [-0.1, -0.05) is 84.9 Å². The number of hydrogen-bond acceptors (Lipinski definition) is 14. The van der Waals surface area contributed by atoms with Gasteiger partial charge >= 0.3 is 0 Å². The van der Waals surface area contributed by atoms with Crippen molar-refractivity contribution in [2.45, 2.75) is 42.7 Å². The summed E-state index contributed by atoms with van der Waals surface area (Å²) >= 11 is 3.06. The van der Waals surface area contributed by atoms with Crippen LogP contribution in [0.1, 0.15) is 13.8 Å². The van der Waals surface area contributed by atoms with Gasteiger partial charge in [0, 0.05) is 11.4 Å². The van der Waals surface area contributed by atoms with Crippen LogP contribution in [0, 0.1) is 0 Å². The van der Waals surface area contributed by atoms with E-state index in [1.54, 1.807) is 82.2 Å². The Labute approximate surface area is 466 Å². The highest BCUT2D eigenvalue weighted by Crippen LogP contribution is 2.42. The van der Waals surface area contributed by atoms with Gasteiger partial charge in [-0.2, -0.15) is 0 Å². The number of carbonyl (C=O) groups is 4. The summed E-state index contributed by atoms with van der Waals surface area (Å²) in [5.41, 5.74) is 4.85. The van der Waals surface area contributed by atoms with Crippen LogP contribution in [-0.4, -0.2) is 114 Å². The normalized spacial score (nSPS) is 19.0. The van der Waals surface area contributed by atoms with Crippen molar-refractivity contribution >= 4 is 69.0 Å². The molecule has 6 heterocycles. The lowest BCUT2D eigenvalue weighted by molar-refractivity contribution is -0.151. The third-order valence-corrected chi connectivity index (χ3v) is 16.5. The summed E-state index contributed by atoms with van der Waals surface area (Å²) in [5.74, 6) is 2.87. The predicted octanol–water partition coefficient (Wildman–Crippen LogP) is 7.44. The standard InChI is InChI=1S/2C30H26N4O5S/c2*1-18-19(17-40-30-26(29(37)34(18)30)32-25(35)16-38-20-9-3-2-4-10-20)15-39-24-14-8-6-12-22(24)27-31-23-13-7-5-11-21(23)28(36)33-27/h2-14,26,30H,15-17H2,1H3,(H,32,35)(H,31,33,36);2-14,17-18,26,30H,15-16H2,1H3,(H,32,35)(H,31,33,36). The van der Waals surface area contributed by atoms with Gasteiger partial charge in [0.05, 0.1) is 39.0 Å². The van der Waals surface area contributed by atoms with E-state index >= 15 is 0 Å². The van der Waals surface area contributed by atoms with Crippen molar-refractivity contribution in [3.63, 3.8) is 0 Å². The van der Waals surface area contributed by atoms with Gasteiger partial charge in [0.25, 0.3) is 28.8 Å². The highest BCUT2D eigenvalue weighted by Gasteiger charge is 2.53. The molecule has 0 aliphatic carbocycles. The number of rotatable bonds is 16. The first-order valence-corrected chi connectivity index (χ1v) is 27.6. The van der Waals surface area contributed by atoms with Crippen LogP contribution in [-0.2, 0) is 19.2 Å². The Morgan fingerprint density at radius 2 is 1.06 bits per heavy atom. The Bertz CT molecular complexity index is 3800. The van der Waals surface area contributed by atoms with Crippen molar-refractivity contribution in [1.82, 2.24) is 40.4 Å². The van der Waals surface area contributed by atoms with Gasteiger partial charge in [0.2, 0.25) is 5.91 Å². The van der Waals surface area contributed by atoms with E-state index in [-0.39, 0.29) is 78.0 Å². The lowest BCUT2D eigenvalue weighted by atomic mass is 9.99. The molecular formula is C60H52N8O10S2. The Balaban J connectivity index is 0.000000169. The average Bonchev–Trinajstić information content (AvgIpc) is 3.49. The maximum Gasteiger partial charge on any atom is 0.259 e. The number of thioether (sulfide) groups is 2. The second-order valence-electron chi connectivity index (χ2n) is 19.0. The summed E-state index contributed by atoms with van der Waals surface area (Å²) < 4.78 is 23.4. The van der Waals surface area contributed by atoms with E-state index in [2.05, 4.69) is 30.6 Å². The quantitative estimate of drug-likeness (QED) is 0.0690. The minimum absolute atomic E-state index is 0.137. The molecule has 20 heteroatoms. The molecule has 8 aromatic rings. The van der Waals surface area contributed by atoms with Gasteiger partial charge in [-0.3, -0.25) is 33.7 Å². The van der Waals surface area contributed by atoms with Gasteiger partial charge in [-0.15, -0.1) is 23.5 Å². The molecule has 5 atom stereocenters. The molecule has 2 saturated heterocycles. The summed E-state index contributed by atoms with van der Waals surface area (Å²) in [6, 6.07) is 45.9. The highest BCUT2D eigenvalue weighted by atomic mass is 32.2. The fourth-order valence-corrected chi connectivity index (χ4v) is 12.4. The fourth-order valence-electron chi connectivity index (χ4n) is 9.59. The SMILES string of the molecule is CC1=C(COc2ccccc2-c2nc3ccccc3c(=O)[nH]2)CSC2C(NC(=O)COc3ccccc3)C(=O)N12.CC1C(COc2ccccc2-c2nc3ccccc3c(=O)[nH]2)=CSC2C(NC(=O)COc3ccccc3)C(=O)N12. The van der Waals surface area contributed by atoms with E-state index in [1.807, 2.05) is 116 Å². The molecule has 2 fully saturated rings. The lowest BCUT2D eigenvalue weighted by Crippen LogP contribution is -2.72. The number of aromatic amines is 2. The fraction of sp³-hybridized carbons (Fsp3) is 0.200. The van der Waals surface area contributed by atoms with E-state index in [0.29, 0.717) is 73.3 Å². The third-order valence-electron chi connectivity index (χ3n) is 13.9. The first-order chi connectivity index (χ1) is 39.0. The molecule has 6 aromatic carbocycles. The predicted molar refractivity (Wildman–Crippen MR) is 306 cm³/mol. The minimum Gasteiger partial charge on any atom is -0.488 e. The maximum absolute atomic E-state index is 13.0. The largest absolute Gasteiger partial charge is 0.488 e. The van der Waals surface area contributed by atoms with E-state index in [4.69, 9.17) is 18.9 Å². The van der Waals surface area contributed by atoms with Crippen LogP contribution in [0.4, 0.5) is 0 Å². The second-order valence-corrected chi connectivity index (χ2v) is 21.1. The number of aromatic nitrogens is 4. The van der Waals surface area contributed by atoms with Gasteiger partial charge in [-0.25, -0.2) is 9.97 Å². The van der Waals surface area contributed by atoms with Crippen molar-refractivity contribution < 1.29 is 38.1 Å². The molecule has 0 radical (unpaired) electrons. The van der Waals surface area contributed by atoms with Gasteiger partial charge in [-0.05, 0) is 103 Å². The highest BCUT2D eigenvalue weighted by molar-refractivity contribution is 8.03. The number of nitrogens with one attached hydrogen (secondary N) is 4. The van der Waals surface area contributed by atoms with Gasteiger partial charge in [0.1, 0.15) is 70.7 Å². The molecule has 80 heavy (non-hydrogen) atoms. The first kappa shape index (κ1) is 52.9. The average molecular weight is 1110 g/mol. The van der Waals surface area contributed by atoms with Crippen LogP contribution in [0.2, 0.25) is 0 Å². The number of allylic oxidation sites excluding steroid dienone is 1. The molecule has 2 aromatic heterocycles. The van der Waals surface area contributed by atoms with E-state index in [0.717, 1.165) is 16.8 Å². The van der Waals surface area contributed by atoms with Gasteiger partial charge in [0.15, 0.2) is 13.2 Å². The number of carbonyl (C=O) groups excluding carboxylic acids is 4. The van der Waals surface area contributed by atoms with Crippen LogP contribution in [0.5, 0.6) is 23.0 Å². The number of benzene rings is 6. The molecule has 4 aliphatic heterocycles. The zero-order chi connectivity index (χ0) is 55.3. The van der Waals surface area contributed by atoms with Crippen molar-refractivity contribution in [2.75, 3.05) is 32.2 Å². The van der Waals surface area contributed by atoms with Gasteiger partial charge < -0.3 is 44.4 Å². The molecule has 5 unspecified atom stereocenters. The number of ether oxygens (including phenoxy) is 4. The Kier molecular flexibility index (Phi) is 15.5. The minimum atomic E-state index is -0.602. The number of nitrogens with zero attached hydrogens (tertiary/aromatic N) is 4. The van der Waals surface area contributed by atoms with Crippen molar-refractivity contribution in [3.05, 3.63) is 201 Å². The van der Waals surface area contributed by atoms with Crippen molar-refractivity contribution in [1.29, 1.82) is 0 Å². The molecule has 0 spiro atoms. The van der Waals surface area contributed by atoms with Crippen LogP contribution in [0.25, 0.3) is 44.6 Å². The van der Waals surface area contributed by atoms with Crippen LogP contribution < -0.4 is 40.7 Å². The topological polar surface area (TPSA) is 227 Å². The number of fused-ring (bicyclic) bond motifs is 4. The second kappa shape index (κ2) is 23.4. The molecule has 404 valence electrons. The molecule has 12 rings (SSSR count). The number of β-lactam (4-membered cyclic amide) rings is 2. The van der Waals surface area contributed by atoms with Crippen molar-refractivity contribution in [2.24, 2.45) is 0 Å². The summed E-state index contributed by atoms with van der Waals surface area (Å²) in [5, 5.41) is 8.29. The van der Waals surface area contributed by atoms with E-state index in [1.165, 1.54) is 11.8 Å². The molecule has 0 bridgehead atoms. The smallest absolute Gasteiger partial charge is 0.259 e. The van der Waals surface area contributed by atoms with E-state index < -0.39 is 12.1 Å². The number of hydrogen-bond donors (Lipinski definition) is 4. The number of amides is 4. The number of H-pyrrole nitrogens is 2. The molecule has 4 N–H and O–H groups in total. The van der Waals surface area contributed by atoms with Crippen molar-refractivity contribution in [3.8, 4) is 45.8 Å². The summed E-state index contributed by atoms with van der Waals surface area (Å²) in [6.45, 7) is 4.05. The summed E-state index contributed by atoms with van der Waals surface area (Å²) in [4.78, 5) is 94.4. The van der Waals surface area contributed by atoms with E-state index in [9.17, 15) is 28.8 Å². The maximum atomic E-state index is 13.0. The lowest BCUT2D eigenvalue weighted by Gasteiger charge is -2.52. The summed E-state index contributed by atoms with van der Waals surface area (Å²) in [6.07, 6.45) is 0. The van der Waals surface area contributed by atoms with Crippen LogP contribution in [0.3, 0.4) is 0 Å². The molecule has 4 aliphatic rings. The Hall–Kier alpha value is -9.14. The molecular weight excluding hydrogens is 1060 g/mol. The zero-order valence-corrected chi connectivity index (χ0v) is 44.8. The molecule has 4 amide bonds. The molecule has 18 nitrogen and oxygen atoms in total. The van der Waals surface area contributed by atoms with Crippen LogP contribution in [0.15, 0.2) is 190 Å². The third kappa shape index (κ3) is 11.1.